The van der Waals surface area contributed by atoms with Crippen molar-refractivity contribution in [1.29, 1.82) is 0 Å². The number of phenolic OH excluding ortho intramolecular Hbond substituents is 1. The van der Waals surface area contributed by atoms with Gasteiger partial charge in [0.05, 0.1) is 30.0 Å². The van der Waals surface area contributed by atoms with E-state index in [1.165, 1.54) is 11.1 Å². The first-order chi connectivity index (χ1) is 14.9. The Morgan fingerprint density at radius 3 is 2.74 bits per heavy atom. The summed E-state index contributed by atoms with van der Waals surface area (Å²) in [6.07, 6.45) is 7.37. The van der Waals surface area contributed by atoms with Crippen LogP contribution in [0.25, 0.3) is 22.5 Å². The van der Waals surface area contributed by atoms with Crippen LogP contribution >= 0.6 is 0 Å². The van der Waals surface area contributed by atoms with Crippen molar-refractivity contribution in [2.45, 2.75) is 49.7 Å². The second-order valence-electron chi connectivity index (χ2n) is 8.24. The van der Waals surface area contributed by atoms with E-state index < -0.39 is 18.0 Å². The van der Waals surface area contributed by atoms with Crippen molar-refractivity contribution in [2.24, 2.45) is 0 Å². The molecule has 2 bridgehead atoms. The zero-order valence-corrected chi connectivity index (χ0v) is 17.0. The van der Waals surface area contributed by atoms with Gasteiger partial charge < -0.3 is 15.3 Å². The highest BCUT2D eigenvalue weighted by atomic mass is 19.3. The molecule has 0 aliphatic carbocycles. The zero-order chi connectivity index (χ0) is 21.6. The maximum Gasteiger partial charge on any atom is 0.283 e. The molecule has 2 aliphatic rings. The lowest BCUT2D eigenvalue weighted by atomic mass is 9.80. The number of anilines is 1. The Kier molecular flexibility index (Phi) is 4.81. The first kappa shape index (κ1) is 19.8. The number of alkyl halides is 2. The number of H-pyrrole nitrogens is 1. The van der Waals surface area contributed by atoms with Gasteiger partial charge >= 0.3 is 0 Å². The molecule has 1 aromatic carbocycles. The molecule has 2 aliphatic heterocycles. The molecule has 0 amide bonds. The number of nitrogens with zero attached hydrogens (tertiary/aromatic N) is 5. The second kappa shape index (κ2) is 7.52. The Bertz CT molecular complexity index is 1060. The smallest absolute Gasteiger partial charge is 0.283 e. The van der Waals surface area contributed by atoms with Gasteiger partial charge in [0.15, 0.2) is 11.6 Å². The number of aromatic nitrogens is 5. The average Bonchev–Trinajstić information content (AvgIpc) is 3.32. The van der Waals surface area contributed by atoms with Gasteiger partial charge in [-0.1, -0.05) is 12.5 Å². The zero-order valence-electron chi connectivity index (χ0n) is 17.0. The number of rotatable bonds is 4. The summed E-state index contributed by atoms with van der Waals surface area (Å²) in [5.41, 5.74) is 2.04. The molecule has 0 spiro atoms. The van der Waals surface area contributed by atoms with E-state index in [0.717, 1.165) is 24.0 Å². The number of aromatic hydroxyl groups is 1. The maximum absolute atomic E-state index is 15.0. The third-order valence-electron chi connectivity index (χ3n) is 6.35. The molecule has 162 valence electrons. The van der Waals surface area contributed by atoms with E-state index >= 15 is 8.78 Å². The van der Waals surface area contributed by atoms with Gasteiger partial charge in [-0.3, -0.25) is 5.10 Å². The van der Waals surface area contributed by atoms with Crippen LogP contribution in [0.4, 0.5) is 14.6 Å². The molecule has 0 unspecified atom stereocenters. The van der Waals surface area contributed by atoms with E-state index in [-0.39, 0.29) is 23.4 Å². The molecule has 0 saturated carbocycles. The topological polar surface area (TPSA) is 103 Å². The van der Waals surface area contributed by atoms with Crippen LogP contribution in [0.3, 0.4) is 0 Å². The SMILES string of the molecule is CN(c1cnc(-c2ccc(-c3cn[nH]c3)cc2O)nn1)[C@H]1C[C@@H]2CCC[C@@H](N2)C1(F)F. The van der Waals surface area contributed by atoms with Crippen molar-refractivity contribution < 1.29 is 13.9 Å². The van der Waals surface area contributed by atoms with E-state index in [1.807, 2.05) is 6.07 Å². The normalized spacial score (nSPS) is 24.7. The van der Waals surface area contributed by atoms with E-state index in [4.69, 9.17) is 0 Å². The highest BCUT2D eigenvalue weighted by molar-refractivity contribution is 5.72. The summed E-state index contributed by atoms with van der Waals surface area (Å²) in [5, 5.41) is 28.4. The fourth-order valence-corrected chi connectivity index (χ4v) is 4.61. The fraction of sp³-hybridized carbons (Fsp3) is 0.429. The van der Waals surface area contributed by atoms with Crippen LogP contribution in [-0.2, 0) is 0 Å². The molecular formula is C21H23F2N7O. The quantitative estimate of drug-likeness (QED) is 0.588. The first-order valence-corrected chi connectivity index (χ1v) is 10.3. The monoisotopic (exact) mass is 427 g/mol. The van der Waals surface area contributed by atoms with Crippen LogP contribution < -0.4 is 10.2 Å². The predicted octanol–water partition coefficient (Wildman–Crippen LogP) is 2.99. The Hall–Kier alpha value is -3.14. The van der Waals surface area contributed by atoms with Crippen molar-refractivity contribution in [3.63, 3.8) is 0 Å². The Balaban J connectivity index is 1.37. The molecule has 31 heavy (non-hydrogen) atoms. The van der Waals surface area contributed by atoms with Crippen LogP contribution in [0.5, 0.6) is 5.75 Å². The molecule has 2 aromatic heterocycles. The largest absolute Gasteiger partial charge is 0.507 e. The molecule has 3 N–H and O–H groups in total. The summed E-state index contributed by atoms with van der Waals surface area (Å²) >= 11 is 0. The minimum Gasteiger partial charge on any atom is -0.507 e. The lowest BCUT2D eigenvalue weighted by Crippen LogP contribution is -2.67. The van der Waals surface area contributed by atoms with E-state index in [9.17, 15) is 5.11 Å². The molecule has 2 saturated heterocycles. The van der Waals surface area contributed by atoms with Gasteiger partial charge in [-0.2, -0.15) is 5.10 Å². The fourth-order valence-electron chi connectivity index (χ4n) is 4.61. The second-order valence-corrected chi connectivity index (χ2v) is 8.24. The van der Waals surface area contributed by atoms with Gasteiger partial charge in [0.2, 0.25) is 0 Å². The van der Waals surface area contributed by atoms with Crippen LogP contribution in [0.1, 0.15) is 25.7 Å². The number of benzene rings is 1. The molecule has 3 atom stereocenters. The number of halogens is 2. The summed E-state index contributed by atoms with van der Waals surface area (Å²) in [4.78, 5) is 5.77. The van der Waals surface area contributed by atoms with Crippen molar-refractivity contribution in [2.75, 3.05) is 11.9 Å². The number of fused-ring (bicyclic) bond motifs is 2. The van der Waals surface area contributed by atoms with Gasteiger partial charge in [0.25, 0.3) is 5.92 Å². The summed E-state index contributed by atoms with van der Waals surface area (Å²) in [6, 6.07) is 3.43. The average molecular weight is 427 g/mol. The molecule has 2 fully saturated rings. The molecule has 4 heterocycles. The van der Waals surface area contributed by atoms with E-state index in [0.29, 0.717) is 18.4 Å². The van der Waals surface area contributed by atoms with Crippen molar-refractivity contribution in [3.05, 3.63) is 36.8 Å². The van der Waals surface area contributed by atoms with Crippen LogP contribution in [-0.4, -0.2) is 61.6 Å². The maximum atomic E-state index is 15.0. The summed E-state index contributed by atoms with van der Waals surface area (Å²) in [6.45, 7) is 0. The molecule has 5 rings (SSSR count). The number of aromatic amines is 1. The van der Waals surface area contributed by atoms with E-state index in [2.05, 4.69) is 30.7 Å². The Morgan fingerprint density at radius 2 is 2.03 bits per heavy atom. The number of phenols is 1. The van der Waals surface area contributed by atoms with Gasteiger partial charge in [0, 0.05) is 24.8 Å². The lowest BCUT2D eigenvalue weighted by molar-refractivity contribution is -0.0989. The van der Waals surface area contributed by atoms with Crippen LogP contribution in [0.2, 0.25) is 0 Å². The minimum absolute atomic E-state index is 0.000631. The van der Waals surface area contributed by atoms with Crippen molar-refractivity contribution in [3.8, 4) is 28.3 Å². The number of hydrogen-bond acceptors (Lipinski definition) is 7. The highest BCUT2D eigenvalue weighted by Crippen LogP contribution is 2.40. The third-order valence-corrected chi connectivity index (χ3v) is 6.35. The number of piperidine rings is 2. The minimum atomic E-state index is -2.87. The van der Waals surface area contributed by atoms with Crippen molar-refractivity contribution in [1.82, 2.24) is 30.7 Å². The molecule has 10 heteroatoms. The van der Waals surface area contributed by atoms with Gasteiger partial charge in [-0.15, -0.1) is 10.2 Å². The third kappa shape index (κ3) is 3.50. The van der Waals surface area contributed by atoms with Gasteiger partial charge in [-0.05, 0) is 37.0 Å². The van der Waals surface area contributed by atoms with Crippen molar-refractivity contribution >= 4 is 5.82 Å². The molecule has 3 aromatic rings. The number of nitrogens with one attached hydrogen (secondary N) is 2. The summed E-state index contributed by atoms with van der Waals surface area (Å²) < 4.78 is 30.0. The van der Waals surface area contributed by atoms with Crippen LogP contribution in [0, 0.1) is 0 Å². The summed E-state index contributed by atoms with van der Waals surface area (Å²) in [5.74, 6) is -2.36. The molecular weight excluding hydrogens is 404 g/mol. The Morgan fingerprint density at radius 1 is 1.16 bits per heavy atom. The van der Waals surface area contributed by atoms with Gasteiger partial charge in [-0.25, -0.2) is 13.8 Å². The lowest BCUT2D eigenvalue weighted by Gasteiger charge is -2.48. The molecule has 8 nitrogen and oxygen atoms in total. The number of hydrogen-bond donors (Lipinski definition) is 3. The standard InChI is InChI=1S/C21H23F2N7O/c1-30(18-8-14-3-2-4-17(27-14)21(18,22)23)19-11-24-20(29-28-19)15-6-5-12(7-16(15)31)13-9-25-26-10-13/h5-7,9-11,14,17-18,27,31H,2-4,8H2,1H3,(H,25,26)/t14-,17+,18-/m0/s1. The molecule has 0 radical (unpaired) electrons. The van der Waals surface area contributed by atoms with Crippen LogP contribution in [0.15, 0.2) is 36.8 Å². The van der Waals surface area contributed by atoms with E-state index in [1.54, 1.807) is 31.6 Å². The van der Waals surface area contributed by atoms with Gasteiger partial charge in [0.1, 0.15) is 5.75 Å². The summed E-state index contributed by atoms with van der Waals surface area (Å²) in [7, 11) is 1.61. The predicted molar refractivity (Wildman–Crippen MR) is 111 cm³/mol. The first-order valence-electron chi connectivity index (χ1n) is 10.3. The highest BCUT2D eigenvalue weighted by Gasteiger charge is 2.54. The Labute approximate surface area is 177 Å².